The van der Waals surface area contributed by atoms with Gasteiger partial charge in [-0.2, -0.15) is 0 Å². The van der Waals surface area contributed by atoms with Crippen LogP contribution >= 0.6 is 0 Å². The molecular formula is C24H26N4O3. The third kappa shape index (κ3) is 4.94. The molecular weight excluding hydrogens is 392 g/mol. The average molecular weight is 418 g/mol. The molecule has 31 heavy (non-hydrogen) atoms. The van der Waals surface area contributed by atoms with Crippen molar-refractivity contribution < 1.29 is 14.3 Å². The Labute approximate surface area is 182 Å². The van der Waals surface area contributed by atoms with Crippen molar-refractivity contribution in [2.45, 2.75) is 6.92 Å². The van der Waals surface area contributed by atoms with Gasteiger partial charge in [-0.3, -0.25) is 4.79 Å². The fourth-order valence-corrected chi connectivity index (χ4v) is 3.57. The van der Waals surface area contributed by atoms with Gasteiger partial charge in [0.05, 0.1) is 12.8 Å². The molecule has 0 N–H and O–H groups in total. The van der Waals surface area contributed by atoms with E-state index < -0.39 is 0 Å². The number of hydrogen-bond donors (Lipinski definition) is 0. The molecule has 0 atom stereocenters. The van der Waals surface area contributed by atoms with Gasteiger partial charge in [-0.05, 0) is 42.8 Å². The summed E-state index contributed by atoms with van der Waals surface area (Å²) in [5, 5.41) is 0. The maximum Gasteiger partial charge on any atom is 0.260 e. The number of amides is 1. The molecule has 4 rings (SSSR count). The highest BCUT2D eigenvalue weighted by atomic mass is 16.5. The van der Waals surface area contributed by atoms with Gasteiger partial charge in [-0.25, -0.2) is 9.97 Å². The largest absolute Gasteiger partial charge is 0.497 e. The zero-order valence-electron chi connectivity index (χ0n) is 17.8. The number of rotatable bonds is 6. The molecule has 2 heterocycles. The van der Waals surface area contributed by atoms with Gasteiger partial charge in [0.2, 0.25) is 0 Å². The molecule has 0 aliphatic carbocycles. The number of hydrogen-bond acceptors (Lipinski definition) is 6. The number of ether oxygens (including phenoxy) is 2. The normalized spacial score (nSPS) is 13.7. The molecule has 1 aliphatic heterocycles. The number of methoxy groups -OCH3 is 1. The van der Waals surface area contributed by atoms with Gasteiger partial charge in [0.25, 0.3) is 5.91 Å². The first kappa shape index (κ1) is 20.7. The molecule has 7 heteroatoms. The minimum Gasteiger partial charge on any atom is -0.497 e. The van der Waals surface area contributed by atoms with Gasteiger partial charge in [0.15, 0.2) is 6.61 Å². The number of piperazine rings is 1. The summed E-state index contributed by atoms with van der Waals surface area (Å²) in [7, 11) is 1.65. The van der Waals surface area contributed by atoms with E-state index in [1.165, 1.54) is 0 Å². The topological polar surface area (TPSA) is 67.8 Å². The van der Waals surface area contributed by atoms with E-state index in [0.717, 1.165) is 47.2 Å². The lowest BCUT2D eigenvalue weighted by Crippen LogP contribution is -2.50. The van der Waals surface area contributed by atoms with Crippen LogP contribution in [0.5, 0.6) is 11.5 Å². The summed E-state index contributed by atoms with van der Waals surface area (Å²) < 4.78 is 10.9. The van der Waals surface area contributed by atoms with E-state index in [-0.39, 0.29) is 12.5 Å². The fraction of sp³-hybridized carbons (Fsp3) is 0.292. The van der Waals surface area contributed by atoms with Crippen molar-refractivity contribution >= 4 is 11.7 Å². The first-order valence-electron chi connectivity index (χ1n) is 10.3. The third-order valence-electron chi connectivity index (χ3n) is 5.44. The van der Waals surface area contributed by atoms with Crippen LogP contribution in [0, 0.1) is 6.92 Å². The second-order valence-electron chi connectivity index (χ2n) is 7.41. The van der Waals surface area contributed by atoms with E-state index in [1.807, 2.05) is 66.4 Å². The Balaban J connectivity index is 1.34. The second-order valence-corrected chi connectivity index (χ2v) is 7.41. The van der Waals surface area contributed by atoms with Crippen LogP contribution in [0.1, 0.15) is 5.56 Å². The number of para-hydroxylation sites is 1. The highest BCUT2D eigenvalue weighted by Gasteiger charge is 2.22. The Morgan fingerprint density at radius 2 is 1.74 bits per heavy atom. The highest BCUT2D eigenvalue weighted by molar-refractivity contribution is 5.78. The number of carbonyl (C=O) groups excluding carboxylic acids is 1. The van der Waals surface area contributed by atoms with E-state index >= 15 is 0 Å². The van der Waals surface area contributed by atoms with Crippen molar-refractivity contribution in [2.24, 2.45) is 0 Å². The zero-order chi connectivity index (χ0) is 21.6. The van der Waals surface area contributed by atoms with Gasteiger partial charge in [-0.15, -0.1) is 0 Å². The molecule has 7 nitrogen and oxygen atoms in total. The Morgan fingerprint density at radius 3 is 2.45 bits per heavy atom. The van der Waals surface area contributed by atoms with E-state index in [0.29, 0.717) is 13.1 Å². The standard InChI is InChI=1S/C24H26N4O3/c1-18-5-3-4-6-22(18)31-16-24(29)28-13-11-27(12-14-28)23-15-21(25-17-26-23)19-7-9-20(30-2)10-8-19/h3-10,15,17H,11-14,16H2,1-2H3. The Morgan fingerprint density at radius 1 is 1.00 bits per heavy atom. The molecule has 1 aliphatic rings. The van der Waals surface area contributed by atoms with E-state index in [1.54, 1.807) is 13.4 Å². The van der Waals surface area contributed by atoms with Crippen LogP contribution in [0.2, 0.25) is 0 Å². The molecule has 0 radical (unpaired) electrons. The molecule has 1 saturated heterocycles. The summed E-state index contributed by atoms with van der Waals surface area (Å²) in [5.41, 5.74) is 2.89. The Hall–Kier alpha value is -3.61. The minimum absolute atomic E-state index is 0.00418. The van der Waals surface area contributed by atoms with Gasteiger partial charge in [0, 0.05) is 37.8 Å². The maximum absolute atomic E-state index is 12.6. The summed E-state index contributed by atoms with van der Waals surface area (Å²) in [6.45, 7) is 4.74. The molecule has 0 saturated carbocycles. The van der Waals surface area contributed by atoms with Gasteiger partial charge in [0.1, 0.15) is 23.6 Å². The molecule has 160 valence electrons. The number of aryl methyl sites for hydroxylation is 1. The van der Waals surface area contributed by atoms with Crippen molar-refractivity contribution in [1.82, 2.24) is 14.9 Å². The highest BCUT2D eigenvalue weighted by Crippen LogP contribution is 2.24. The lowest BCUT2D eigenvalue weighted by Gasteiger charge is -2.35. The van der Waals surface area contributed by atoms with E-state index in [9.17, 15) is 4.79 Å². The molecule has 2 aromatic carbocycles. The molecule has 1 amide bonds. The van der Waals surface area contributed by atoms with Crippen LogP contribution in [0.4, 0.5) is 5.82 Å². The fourth-order valence-electron chi connectivity index (χ4n) is 3.57. The van der Waals surface area contributed by atoms with Crippen molar-refractivity contribution in [3.8, 4) is 22.8 Å². The molecule has 0 spiro atoms. The van der Waals surface area contributed by atoms with Gasteiger partial charge < -0.3 is 19.3 Å². The summed E-state index contributed by atoms with van der Waals surface area (Å²) in [6.07, 6.45) is 1.59. The third-order valence-corrected chi connectivity index (χ3v) is 5.44. The SMILES string of the molecule is COc1ccc(-c2cc(N3CCN(C(=O)COc4ccccc4C)CC3)ncn2)cc1. The lowest BCUT2D eigenvalue weighted by atomic mass is 10.1. The van der Waals surface area contributed by atoms with Crippen LogP contribution < -0.4 is 14.4 Å². The van der Waals surface area contributed by atoms with E-state index in [4.69, 9.17) is 9.47 Å². The number of benzene rings is 2. The zero-order valence-corrected chi connectivity index (χ0v) is 17.8. The quantitative estimate of drug-likeness (QED) is 0.613. The minimum atomic E-state index is 0.00418. The maximum atomic E-state index is 12.6. The Kier molecular flexibility index (Phi) is 6.31. The monoisotopic (exact) mass is 418 g/mol. The Bertz CT molecular complexity index is 1030. The summed E-state index contributed by atoms with van der Waals surface area (Å²) >= 11 is 0. The predicted molar refractivity (Wildman–Crippen MR) is 119 cm³/mol. The number of anilines is 1. The number of aromatic nitrogens is 2. The second kappa shape index (κ2) is 9.47. The van der Waals surface area contributed by atoms with E-state index in [2.05, 4.69) is 14.9 Å². The van der Waals surface area contributed by atoms with Crippen molar-refractivity contribution in [3.05, 3.63) is 66.5 Å². The van der Waals surface area contributed by atoms with Gasteiger partial charge >= 0.3 is 0 Å². The lowest BCUT2D eigenvalue weighted by molar-refractivity contribution is -0.133. The van der Waals surface area contributed by atoms with Crippen molar-refractivity contribution in [1.29, 1.82) is 0 Å². The molecule has 0 unspecified atom stereocenters. The summed E-state index contributed by atoms with van der Waals surface area (Å²) in [4.78, 5) is 25.4. The summed E-state index contributed by atoms with van der Waals surface area (Å²) in [5.74, 6) is 2.43. The molecule has 1 fully saturated rings. The molecule has 0 bridgehead atoms. The van der Waals surface area contributed by atoms with Gasteiger partial charge in [-0.1, -0.05) is 18.2 Å². The average Bonchev–Trinajstić information content (AvgIpc) is 2.83. The number of nitrogens with zero attached hydrogens (tertiary/aromatic N) is 4. The van der Waals surface area contributed by atoms with Crippen LogP contribution in [-0.4, -0.2) is 60.7 Å². The van der Waals surface area contributed by atoms with Crippen molar-refractivity contribution in [2.75, 3.05) is 44.8 Å². The number of carbonyl (C=O) groups is 1. The van der Waals surface area contributed by atoms with Crippen molar-refractivity contribution in [3.63, 3.8) is 0 Å². The van der Waals surface area contributed by atoms with Crippen LogP contribution in [0.15, 0.2) is 60.9 Å². The smallest absolute Gasteiger partial charge is 0.260 e. The van der Waals surface area contributed by atoms with Crippen LogP contribution in [0.25, 0.3) is 11.3 Å². The van der Waals surface area contributed by atoms with Crippen LogP contribution in [-0.2, 0) is 4.79 Å². The summed E-state index contributed by atoms with van der Waals surface area (Å²) in [6, 6.07) is 17.5. The first-order chi connectivity index (χ1) is 15.1. The molecule has 1 aromatic heterocycles. The predicted octanol–water partition coefficient (Wildman–Crippen LogP) is 3.19. The molecule has 3 aromatic rings. The van der Waals surface area contributed by atoms with Crippen LogP contribution in [0.3, 0.4) is 0 Å². The first-order valence-corrected chi connectivity index (χ1v) is 10.3.